The van der Waals surface area contributed by atoms with Crippen LogP contribution >= 0.6 is 0 Å². The Morgan fingerprint density at radius 2 is 1.52 bits per heavy atom. The van der Waals surface area contributed by atoms with Gasteiger partial charge in [0, 0.05) is 18.2 Å². The molecule has 0 aliphatic heterocycles. The summed E-state index contributed by atoms with van der Waals surface area (Å²) in [5, 5.41) is 0. The number of benzene rings is 1. The molecule has 1 aromatic carbocycles. The Morgan fingerprint density at radius 3 is 1.95 bits per heavy atom. The average molecular weight is 291 g/mol. The first kappa shape index (κ1) is 16.9. The molecule has 0 spiro atoms. The Balaban J connectivity index is 2.70. The van der Waals surface area contributed by atoms with E-state index in [1.165, 1.54) is 18.9 Å². The summed E-state index contributed by atoms with van der Waals surface area (Å²) in [6.45, 7) is 6.66. The molecular formula is C16H21NO4. The second-order valence-electron chi connectivity index (χ2n) is 5.88. The molecule has 114 valence electrons. The van der Waals surface area contributed by atoms with Gasteiger partial charge in [0.05, 0.1) is 0 Å². The molecule has 0 aliphatic carbocycles. The van der Waals surface area contributed by atoms with Crippen molar-refractivity contribution in [2.75, 3.05) is 13.6 Å². The summed E-state index contributed by atoms with van der Waals surface area (Å²) in [7, 11) is 1.53. The molecule has 0 unspecified atom stereocenters. The molecule has 5 nitrogen and oxygen atoms in total. The molecule has 0 bridgehead atoms. The largest absolute Gasteiger partial charge is 0.459 e. The summed E-state index contributed by atoms with van der Waals surface area (Å²) in [4.78, 5) is 36.3. The van der Waals surface area contributed by atoms with E-state index in [9.17, 15) is 14.4 Å². The van der Waals surface area contributed by atoms with Gasteiger partial charge in [0.15, 0.2) is 5.78 Å². The highest BCUT2D eigenvalue weighted by Gasteiger charge is 2.20. The van der Waals surface area contributed by atoms with Crippen LogP contribution in [0.15, 0.2) is 24.3 Å². The minimum Gasteiger partial charge on any atom is -0.459 e. The Kier molecular flexibility index (Phi) is 5.24. The van der Waals surface area contributed by atoms with E-state index >= 15 is 0 Å². The van der Waals surface area contributed by atoms with Crippen molar-refractivity contribution in [2.24, 2.45) is 0 Å². The number of nitrogens with zero attached hydrogens (tertiary/aromatic N) is 1. The molecule has 1 amide bonds. The zero-order chi connectivity index (χ0) is 16.2. The number of hydrogen-bond acceptors (Lipinski definition) is 4. The van der Waals surface area contributed by atoms with Gasteiger partial charge < -0.3 is 9.64 Å². The van der Waals surface area contributed by atoms with E-state index in [2.05, 4.69) is 0 Å². The maximum Gasteiger partial charge on any atom is 0.326 e. The molecule has 0 heterocycles. The second-order valence-corrected chi connectivity index (χ2v) is 5.88. The van der Waals surface area contributed by atoms with Crippen LogP contribution in [0.1, 0.15) is 48.4 Å². The third-order valence-electron chi connectivity index (χ3n) is 2.67. The van der Waals surface area contributed by atoms with Crippen molar-refractivity contribution >= 4 is 17.7 Å². The van der Waals surface area contributed by atoms with Gasteiger partial charge in [-0.15, -0.1) is 0 Å². The minimum atomic E-state index is -0.579. The van der Waals surface area contributed by atoms with Gasteiger partial charge in [0.1, 0.15) is 12.1 Å². The van der Waals surface area contributed by atoms with Gasteiger partial charge in [-0.3, -0.25) is 14.4 Å². The molecule has 0 aliphatic rings. The van der Waals surface area contributed by atoms with E-state index < -0.39 is 11.6 Å². The van der Waals surface area contributed by atoms with E-state index in [0.29, 0.717) is 11.1 Å². The van der Waals surface area contributed by atoms with Gasteiger partial charge in [-0.25, -0.2) is 0 Å². The lowest BCUT2D eigenvalue weighted by molar-refractivity contribution is -0.155. The fourth-order valence-electron chi connectivity index (χ4n) is 1.71. The van der Waals surface area contributed by atoms with Crippen molar-refractivity contribution < 1.29 is 19.1 Å². The molecule has 0 radical (unpaired) electrons. The SMILES string of the molecule is CC(=O)c1ccc(C(=O)N(C)CC(=O)OC(C)(C)C)cc1. The third kappa shape index (κ3) is 5.38. The smallest absolute Gasteiger partial charge is 0.326 e. The summed E-state index contributed by atoms with van der Waals surface area (Å²) >= 11 is 0. The van der Waals surface area contributed by atoms with Crippen LogP contribution in [-0.4, -0.2) is 41.8 Å². The van der Waals surface area contributed by atoms with Gasteiger partial charge in [0.2, 0.25) is 0 Å². The van der Waals surface area contributed by atoms with Gasteiger partial charge >= 0.3 is 5.97 Å². The summed E-state index contributed by atoms with van der Waals surface area (Å²) in [6, 6.07) is 6.34. The first-order valence-corrected chi connectivity index (χ1v) is 6.68. The summed E-state index contributed by atoms with van der Waals surface area (Å²) < 4.78 is 5.17. The highest BCUT2D eigenvalue weighted by Crippen LogP contribution is 2.10. The van der Waals surface area contributed by atoms with Crippen molar-refractivity contribution in [2.45, 2.75) is 33.3 Å². The first-order valence-electron chi connectivity index (χ1n) is 6.68. The van der Waals surface area contributed by atoms with Crippen LogP contribution in [-0.2, 0) is 9.53 Å². The number of rotatable bonds is 4. The van der Waals surface area contributed by atoms with E-state index in [4.69, 9.17) is 4.74 Å². The Hall–Kier alpha value is -2.17. The standard InChI is InChI=1S/C16H21NO4/c1-11(18)12-6-8-13(9-7-12)15(20)17(5)10-14(19)21-16(2,3)4/h6-9H,10H2,1-5H3. The number of Topliss-reactive ketones (excluding diaryl/α,β-unsaturated/α-hetero) is 1. The fraction of sp³-hybridized carbons (Fsp3) is 0.438. The molecular weight excluding hydrogens is 270 g/mol. The van der Waals surface area contributed by atoms with E-state index in [1.807, 2.05) is 0 Å². The highest BCUT2D eigenvalue weighted by molar-refractivity contribution is 5.98. The van der Waals surface area contributed by atoms with Crippen molar-refractivity contribution in [3.8, 4) is 0 Å². The number of carbonyl (C=O) groups is 3. The Bertz CT molecular complexity index is 540. The fourth-order valence-corrected chi connectivity index (χ4v) is 1.71. The molecule has 1 aromatic rings. The summed E-state index contributed by atoms with van der Waals surface area (Å²) in [5.41, 5.74) is 0.386. The first-order chi connectivity index (χ1) is 9.60. The number of likely N-dealkylation sites (N-methyl/N-ethyl adjacent to an activating group) is 1. The number of carbonyl (C=O) groups excluding carboxylic acids is 3. The third-order valence-corrected chi connectivity index (χ3v) is 2.67. The topological polar surface area (TPSA) is 63.7 Å². The molecule has 0 fully saturated rings. The number of esters is 1. The van der Waals surface area contributed by atoms with Gasteiger partial charge in [-0.05, 0) is 39.8 Å². The lowest BCUT2D eigenvalue weighted by Crippen LogP contribution is -2.36. The maximum absolute atomic E-state index is 12.2. The van der Waals surface area contributed by atoms with Crippen LogP contribution in [0.5, 0.6) is 0 Å². The van der Waals surface area contributed by atoms with Crippen LogP contribution in [0.4, 0.5) is 0 Å². The van der Waals surface area contributed by atoms with Crippen LogP contribution < -0.4 is 0 Å². The number of amides is 1. The lowest BCUT2D eigenvalue weighted by Gasteiger charge is -2.22. The average Bonchev–Trinajstić information content (AvgIpc) is 2.35. The van der Waals surface area contributed by atoms with Crippen LogP contribution in [0, 0.1) is 0 Å². The number of ketones is 1. The van der Waals surface area contributed by atoms with Crippen molar-refractivity contribution in [1.82, 2.24) is 4.90 Å². The van der Waals surface area contributed by atoms with Crippen molar-refractivity contribution in [3.63, 3.8) is 0 Å². The number of hydrogen-bond donors (Lipinski definition) is 0. The molecule has 1 rings (SSSR count). The molecule has 0 atom stereocenters. The van der Waals surface area contributed by atoms with E-state index in [0.717, 1.165) is 0 Å². The van der Waals surface area contributed by atoms with Gasteiger partial charge in [-0.1, -0.05) is 12.1 Å². The van der Waals surface area contributed by atoms with Crippen LogP contribution in [0.25, 0.3) is 0 Å². The molecule has 0 saturated heterocycles. The van der Waals surface area contributed by atoms with Crippen molar-refractivity contribution in [3.05, 3.63) is 35.4 Å². The molecule has 0 N–H and O–H groups in total. The Labute approximate surface area is 124 Å². The minimum absolute atomic E-state index is 0.0592. The predicted molar refractivity (Wildman–Crippen MR) is 79.3 cm³/mol. The zero-order valence-corrected chi connectivity index (χ0v) is 13.1. The molecule has 0 aromatic heterocycles. The zero-order valence-electron chi connectivity index (χ0n) is 13.1. The normalized spacial score (nSPS) is 10.9. The van der Waals surface area contributed by atoms with Crippen LogP contribution in [0.2, 0.25) is 0 Å². The quantitative estimate of drug-likeness (QED) is 0.631. The second kappa shape index (κ2) is 6.52. The summed E-state index contributed by atoms with van der Waals surface area (Å²) in [6.07, 6.45) is 0. The van der Waals surface area contributed by atoms with E-state index in [-0.39, 0.29) is 18.2 Å². The van der Waals surface area contributed by atoms with Crippen molar-refractivity contribution in [1.29, 1.82) is 0 Å². The Morgan fingerprint density at radius 1 is 1.05 bits per heavy atom. The molecule has 5 heteroatoms. The molecule has 0 saturated carbocycles. The lowest BCUT2D eigenvalue weighted by atomic mass is 10.1. The predicted octanol–water partition coefficient (Wildman–Crippen LogP) is 2.30. The monoisotopic (exact) mass is 291 g/mol. The number of ether oxygens (including phenoxy) is 1. The van der Waals surface area contributed by atoms with E-state index in [1.54, 1.807) is 45.0 Å². The van der Waals surface area contributed by atoms with Crippen LogP contribution in [0.3, 0.4) is 0 Å². The van der Waals surface area contributed by atoms with Gasteiger partial charge in [-0.2, -0.15) is 0 Å². The van der Waals surface area contributed by atoms with Gasteiger partial charge in [0.25, 0.3) is 5.91 Å². The highest BCUT2D eigenvalue weighted by atomic mass is 16.6. The maximum atomic E-state index is 12.2. The summed E-state index contributed by atoms with van der Waals surface area (Å²) in [5.74, 6) is -0.814. The molecule has 21 heavy (non-hydrogen) atoms.